The van der Waals surface area contributed by atoms with Crippen LogP contribution >= 0.6 is 0 Å². The summed E-state index contributed by atoms with van der Waals surface area (Å²) in [6.45, 7) is 7.96. The molecule has 1 rings (SSSR count). The van der Waals surface area contributed by atoms with Crippen LogP contribution in [0.25, 0.3) is 0 Å². The summed E-state index contributed by atoms with van der Waals surface area (Å²) in [4.78, 5) is 35.2. The van der Waals surface area contributed by atoms with Crippen molar-refractivity contribution in [2.75, 3.05) is 13.2 Å². The highest BCUT2D eigenvalue weighted by molar-refractivity contribution is 6.00. The SMILES string of the molecule is CC(C)COC(=O)c1cc(C(=O)O)cc(C(=O)OCC(C)C)c1. The van der Waals surface area contributed by atoms with E-state index < -0.39 is 17.9 Å². The summed E-state index contributed by atoms with van der Waals surface area (Å²) in [7, 11) is 0. The first kappa shape index (κ1) is 18.7. The molecule has 0 spiro atoms. The van der Waals surface area contributed by atoms with Crippen LogP contribution in [0.3, 0.4) is 0 Å². The molecule has 6 heteroatoms. The van der Waals surface area contributed by atoms with Crippen LogP contribution in [0.1, 0.15) is 58.8 Å². The van der Waals surface area contributed by atoms with Gasteiger partial charge in [-0.3, -0.25) is 0 Å². The van der Waals surface area contributed by atoms with Gasteiger partial charge in [-0.05, 0) is 30.0 Å². The molecule has 23 heavy (non-hydrogen) atoms. The Kier molecular flexibility index (Phi) is 6.75. The molecule has 0 aliphatic rings. The van der Waals surface area contributed by atoms with E-state index in [0.29, 0.717) is 0 Å². The normalized spacial score (nSPS) is 10.7. The van der Waals surface area contributed by atoms with Crippen LogP contribution < -0.4 is 0 Å². The molecule has 0 aliphatic heterocycles. The van der Waals surface area contributed by atoms with Gasteiger partial charge in [0.1, 0.15) is 0 Å². The van der Waals surface area contributed by atoms with Crippen molar-refractivity contribution in [3.63, 3.8) is 0 Å². The summed E-state index contributed by atoms with van der Waals surface area (Å²) in [6, 6.07) is 3.66. The number of carbonyl (C=O) groups excluding carboxylic acids is 2. The van der Waals surface area contributed by atoms with Gasteiger partial charge in [0, 0.05) is 0 Å². The zero-order chi connectivity index (χ0) is 17.6. The van der Waals surface area contributed by atoms with Crippen LogP contribution in [0.15, 0.2) is 18.2 Å². The Morgan fingerprint density at radius 3 is 1.48 bits per heavy atom. The largest absolute Gasteiger partial charge is 0.478 e. The first-order chi connectivity index (χ1) is 10.7. The van der Waals surface area contributed by atoms with E-state index in [1.807, 2.05) is 27.7 Å². The molecule has 1 N–H and O–H groups in total. The van der Waals surface area contributed by atoms with Crippen LogP contribution in [0.4, 0.5) is 0 Å². The highest BCUT2D eigenvalue weighted by Crippen LogP contribution is 2.14. The third kappa shape index (κ3) is 6.10. The summed E-state index contributed by atoms with van der Waals surface area (Å²) in [5, 5.41) is 9.13. The van der Waals surface area contributed by atoms with Crippen molar-refractivity contribution >= 4 is 17.9 Å². The van der Waals surface area contributed by atoms with Crippen molar-refractivity contribution in [1.29, 1.82) is 0 Å². The maximum Gasteiger partial charge on any atom is 0.338 e. The molecular formula is C17H22O6. The van der Waals surface area contributed by atoms with E-state index in [9.17, 15) is 14.4 Å². The van der Waals surface area contributed by atoms with E-state index in [2.05, 4.69) is 0 Å². The van der Waals surface area contributed by atoms with Gasteiger partial charge < -0.3 is 14.6 Å². The summed E-state index contributed by atoms with van der Waals surface area (Å²) < 4.78 is 10.1. The number of carbonyl (C=O) groups is 3. The van der Waals surface area contributed by atoms with Gasteiger partial charge >= 0.3 is 17.9 Å². The number of carboxylic acid groups (broad SMARTS) is 1. The molecule has 0 unspecified atom stereocenters. The van der Waals surface area contributed by atoms with E-state index in [1.54, 1.807) is 0 Å². The van der Waals surface area contributed by atoms with Crippen LogP contribution in [-0.4, -0.2) is 36.2 Å². The first-order valence-corrected chi connectivity index (χ1v) is 7.43. The van der Waals surface area contributed by atoms with Crippen molar-refractivity contribution in [3.05, 3.63) is 34.9 Å². The lowest BCUT2D eigenvalue weighted by Crippen LogP contribution is -2.15. The van der Waals surface area contributed by atoms with Gasteiger partial charge in [-0.15, -0.1) is 0 Å². The average Bonchev–Trinajstić information content (AvgIpc) is 2.49. The molecule has 6 nitrogen and oxygen atoms in total. The number of carboxylic acids is 1. The number of benzene rings is 1. The Hall–Kier alpha value is -2.37. The lowest BCUT2D eigenvalue weighted by molar-refractivity contribution is 0.0456. The molecule has 0 aromatic heterocycles. The number of hydrogen-bond acceptors (Lipinski definition) is 5. The van der Waals surface area contributed by atoms with Crippen molar-refractivity contribution in [2.24, 2.45) is 11.8 Å². The zero-order valence-electron chi connectivity index (χ0n) is 13.8. The highest BCUT2D eigenvalue weighted by Gasteiger charge is 2.18. The topological polar surface area (TPSA) is 89.9 Å². The standard InChI is InChI=1S/C17H22O6/c1-10(2)8-22-16(20)13-5-12(15(18)19)6-14(7-13)17(21)23-9-11(3)4/h5-7,10-11H,8-9H2,1-4H3,(H,18,19). The van der Waals surface area contributed by atoms with Gasteiger partial charge in [0.15, 0.2) is 0 Å². The predicted molar refractivity (Wildman–Crippen MR) is 83.6 cm³/mol. The Morgan fingerprint density at radius 1 is 0.826 bits per heavy atom. The minimum atomic E-state index is -1.23. The summed E-state index contributed by atoms with van der Waals surface area (Å²) in [5.41, 5.74) is -0.135. The molecule has 0 saturated heterocycles. The summed E-state index contributed by atoms with van der Waals surface area (Å²) >= 11 is 0. The summed E-state index contributed by atoms with van der Waals surface area (Å²) in [5.74, 6) is -2.27. The Labute approximate surface area is 135 Å². The second kappa shape index (κ2) is 8.31. The molecule has 0 saturated carbocycles. The molecule has 0 bridgehead atoms. The third-order valence-corrected chi connectivity index (χ3v) is 2.75. The van der Waals surface area contributed by atoms with Gasteiger partial charge in [0.05, 0.1) is 29.9 Å². The molecule has 126 valence electrons. The minimum Gasteiger partial charge on any atom is -0.478 e. The monoisotopic (exact) mass is 322 g/mol. The number of hydrogen-bond donors (Lipinski definition) is 1. The zero-order valence-corrected chi connectivity index (χ0v) is 13.8. The van der Waals surface area contributed by atoms with Crippen molar-refractivity contribution in [3.8, 4) is 0 Å². The maximum absolute atomic E-state index is 12.0. The molecule has 0 radical (unpaired) electrons. The van der Waals surface area contributed by atoms with Crippen LogP contribution in [0.5, 0.6) is 0 Å². The molecule has 0 fully saturated rings. The third-order valence-electron chi connectivity index (χ3n) is 2.75. The van der Waals surface area contributed by atoms with Gasteiger partial charge in [-0.25, -0.2) is 14.4 Å². The molecule has 1 aromatic rings. The number of ether oxygens (including phenoxy) is 2. The number of rotatable bonds is 7. The number of esters is 2. The van der Waals surface area contributed by atoms with E-state index in [1.165, 1.54) is 18.2 Å². The average molecular weight is 322 g/mol. The molecule has 1 aromatic carbocycles. The van der Waals surface area contributed by atoms with Crippen LogP contribution in [0, 0.1) is 11.8 Å². The quantitative estimate of drug-likeness (QED) is 0.776. The lowest BCUT2D eigenvalue weighted by atomic mass is 10.1. The van der Waals surface area contributed by atoms with E-state index >= 15 is 0 Å². The maximum atomic E-state index is 12.0. The fraction of sp³-hybridized carbons (Fsp3) is 0.471. The number of aromatic carboxylic acids is 1. The van der Waals surface area contributed by atoms with Crippen molar-refractivity contribution in [2.45, 2.75) is 27.7 Å². The van der Waals surface area contributed by atoms with Crippen LogP contribution in [-0.2, 0) is 9.47 Å². The Balaban J connectivity index is 3.05. The molecule has 0 amide bonds. The van der Waals surface area contributed by atoms with Gasteiger partial charge in [-0.2, -0.15) is 0 Å². The van der Waals surface area contributed by atoms with E-state index in [4.69, 9.17) is 14.6 Å². The van der Waals surface area contributed by atoms with Gasteiger partial charge in [0.25, 0.3) is 0 Å². The lowest BCUT2D eigenvalue weighted by Gasteiger charge is -2.10. The van der Waals surface area contributed by atoms with E-state index in [0.717, 1.165) is 0 Å². The predicted octanol–water partition coefficient (Wildman–Crippen LogP) is 3.01. The fourth-order valence-electron chi connectivity index (χ4n) is 1.64. The summed E-state index contributed by atoms with van der Waals surface area (Å²) in [6.07, 6.45) is 0. The van der Waals surface area contributed by atoms with Crippen molar-refractivity contribution in [1.82, 2.24) is 0 Å². The minimum absolute atomic E-state index is 0.0158. The van der Waals surface area contributed by atoms with Gasteiger partial charge in [-0.1, -0.05) is 27.7 Å². The van der Waals surface area contributed by atoms with Crippen molar-refractivity contribution < 1.29 is 29.0 Å². The van der Waals surface area contributed by atoms with Gasteiger partial charge in [0.2, 0.25) is 0 Å². The Morgan fingerprint density at radius 2 is 1.17 bits per heavy atom. The molecule has 0 heterocycles. The molecule has 0 atom stereocenters. The molecular weight excluding hydrogens is 300 g/mol. The second-order valence-electron chi connectivity index (χ2n) is 6.09. The second-order valence-corrected chi connectivity index (χ2v) is 6.09. The Bertz CT molecular complexity index is 546. The molecule has 0 aliphatic carbocycles. The van der Waals surface area contributed by atoms with Crippen LogP contribution in [0.2, 0.25) is 0 Å². The van der Waals surface area contributed by atoms with E-state index in [-0.39, 0.29) is 41.7 Å². The first-order valence-electron chi connectivity index (χ1n) is 7.43. The highest BCUT2D eigenvalue weighted by atomic mass is 16.5. The smallest absolute Gasteiger partial charge is 0.338 e. The fourth-order valence-corrected chi connectivity index (χ4v) is 1.64.